The number of fused-ring (bicyclic) bond motifs is 3. The Hall–Kier alpha value is -5.48. The van der Waals surface area contributed by atoms with Gasteiger partial charge in [-0.15, -0.1) is 0 Å². The summed E-state index contributed by atoms with van der Waals surface area (Å²) in [5.74, 6) is 0. The number of anilines is 1. The van der Waals surface area contributed by atoms with Gasteiger partial charge in [-0.1, -0.05) is 90.0 Å². The largest absolute Gasteiger partial charge is 0.365 e. The Balaban J connectivity index is 1.36. The predicted molar refractivity (Wildman–Crippen MR) is 197 cm³/mol. The van der Waals surface area contributed by atoms with Crippen molar-refractivity contribution in [1.82, 2.24) is 15.3 Å². The van der Waals surface area contributed by atoms with Crippen molar-refractivity contribution in [1.29, 1.82) is 0 Å². The van der Waals surface area contributed by atoms with Crippen molar-refractivity contribution in [3.8, 4) is 22.3 Å². The summed E-state index contributed by atoms with van der Waals surface area (Å²) in [6.07, 6.45) is 6.00. The summed E-state index contributed by atoms with van der Waals surface area (Å²) in [4.78, 5) is 13.1. The fourth-order valence-corrected chi connectivity index (χ4v) is 8.55. The van der Waals surface area contributed by atoms with Gasteiger partial charge in [0.1, 0.15) is 11.6 Å². The topological polar surface area (TPSA) is 41.1 Å². The molecule has 2 aromatic heterocycles. The van der Waals surface area contributed by atoms with Gasteiger partial charge in [0.25, 0.3) is 0 Å². The van der Waals surface area contributed by atoms with Crippen molar-refractivity contribution in [2.75, 3.05) is 4.90 Å². The fourth-order valence-electron chi connectivity index (χ4n) is 8.55. The molecule has 1 unspecified atom stereocenters. The Morgan fingerprint density at radius 1 is 0.625 bits per heavy atom. The molecule has 0 bridgehead atoms. The van der Waals surface area contributed by atoms with Crippen LogP contribution in [0.1, 0.15) is 67.8 Å². The lowest BCUT2D eigenvalue weighted by molar-refractivity contribution is 0.625. The van der Waals surface area contributed by atoms with Crippen LogP contribution in [0.5, 0.6) is 0 Å². The normalized spacial score (nSPS) is 15.7. The van der Waals surface area contributed by atoms with E-state index < -0.39 is 5.41 Å². The van der Waals surface area contributed by atoms with E-state index in [0.717, 1.165) is 17.1 Å². The van der Waals surface area contributed by atoms with Gasteiger partial charge in [0.2, 0.25) is 0 Å². The molecule has 1 aliphatic carbocycles. The lowest BCUT2D eigenvalue weighted by Crippen LogP contribution is -2.33. The number of hydrogen-bond acceptors (Lipinski definition) is 4. The monoisotopic (exact) mass is 624 g/mol. The quantitative estimate of drug-likeness (QED) is 0.207. The van der Waals surface area contributed by atoms with E-state index in [-0.39, 0.29) is 6.17 Å². The Kier molecular flexibility index (Phi) is 7.06. The molecule has 0 fully saturated rings. The highest BCUT2D eigenvalue weighted by atomic mass is 15.3. The zero-order valence-corrected chi connectivity index (χ0v) is 28.5. The first-order valence-electron chi connectivity index (χ1n) is 16.8. The molecule has 4 heteroatoms. The third kappa shape index (κ3) is 4.51. The molecule has 1 N–H and O–H groups in total. The number of hydrogen-bond donors (Lipinski definition) is 1. The van der Waals surface area contributed by atoms with Gasteiger partial charge in [-0.25, -0.2) is 0 Å². The van der Waals surface area contributed by atoms with Crippen LogP contribution in [0.2, 0.25) is 0 Å². The second-order valence-electron chi connectivity index (χ2n) is 13.5. The molecule has 2 aliphatic rings. The molecular weight excluding hydrogens is 585 g/mol. The molecule has 0 saturated carbocycles. The minimum Gasteiger partial charge on any atom is -0.365 e. The number of rotatable bonds is 5. The zero-order valence-electron chi connectivity index (χ0n) is 28.5. The number of pyridine rings is 2. The molecule has 4 aromatic carbocycles. The van der Waals surface area contributed by atoms with Gasteiger partial charge in [-0.05, 0) is 121 Å². The SMILES string of the molecule is Cc1cc(C)c(-c2ccnc(C3(c4cccc(C5NC=CN5c5c(C)cc(C)cc5C)n4)c4ccccc4-c4ccccc43)c2)c(C)c1. The first kappa shape index (κ1) is 29.9. The lowest BCUT2D eigenvalue weighted by Gasteiger charge is -2.33. The van der Waals surface area contributed by atoms with Gasteiger partial charge in [0.05, 0.1) is 17.1 Å². The third-order valence-corrected chi connectivity index (χ3v) is 10.2. The average molecular weight is 625 g/mol. The average Bonchev–Trinajstić information content (AvgIpc) is 3.66. The molecule has 6 aromatic rings. The smallest absolute Gasteiger partial charge is 0.146 e. The van der Waals surface area contributed by atoms with Crippen molar-refractivity contribution in [2.24, 2.45) is 0 Å². The molecule has 4 nitrogen and oxygen atoms in total. The molecule has 0 saturated heterocycles. The first-order chi connectivity index (χ1) is 23.3. The van der Waals surface area contributed by atoms with Crippen molar-refractivity contribution >= 4 is 5.69 Å². The molecule has 48 heavy (non-hydrogen) atoms. The van der Waals surface area contributed by atoms with Crippen molar-refractivity contribution in [2.45, 2.75) is 53.1 Å². The fraction of sp³-hybridized carbons (Fsp3) is 0.182. The Morgan fingerprint density at radius 3 is 1.88 bits per heavy atom. The van der Waals surface area contributed by atoms with Gasteiger partial charge >= 0.3 is 0 Å². The van der Waals surface area contributed by atoms with E-state index in [4.69, 9.17) is 9.97 Å². The molecule has 3 heterocycles. The number of nitrogens with one attached hydrogen (secondary N) is 1. The summed E-state index contributed by atoms with van der Waals surface area (Å²) in [6.45, 7) is 13.1. The molecule has 0 radical (unpaired) electrons. The van der Waals surface area contributed by atoms with Crippen LogP contribution in [-0.4, -0.2) is 9.97 Å². The van der Waals surface area contributed by atoms with Gasteiger partial charge in [0, 0.05) is 24.3 Å². The Bertz CT molecular complexity index is 2170. The standard InChI is InChI=1S/C44H40N4/c1-27-22-29(3)41(30(4)23-27)33-18-19-45-40(26-33)44(36-14-9-7-12-34(36)35-13-8-10-15-37(35)44)39-17-11-16-38(47-39)43-46-20-21-48(43)42-31(5)24-28(2)25-32(42)6/h7-26,43,46H,1-6H3. The minimum absolute atomic E-state index is 0.147. The van der Waals surface area contributed by atoms with Crippen LogP contribution in [0.15, 0.2) is 122 Å². The third-order valence-electron chi connectivity index (χ3n) is 10.2. The van der Waals surface area contributed by atoms with Gasteiger partial charge in [0.15, 0.2) is 0 Å². The van der Waals surface area contributed by atoms with Crippen molar-refractivity contribution < 1.29 is 0 Å². The van der Waals surface area contributed by atoms with Crippen molar-refractivity contribution in [3.05, 3.63) is 183 Å². The molecule has 1 aliphatic heterocycles. The van der Waals surface area contributed by atoms with Crippen LogP contribution in [0.25, 0.3) is 22.3 Å². The lowest BCUT2D eigenvalue weighted by atomic mass is 9.71. The Morgan fingerprint density at radius 2 is 1.23 bits per heavy atom. The van der Waals surface area contributed by atoms with Gasteiger partial charge in [-0.3, -0.25) is 9.97 Å². The van der Waals surface area contributed by atoms with E-state index >= 15 is 0 Å². The first-order valence-corrected chi connectivity index (χ1v) is 16.8. The second kappa shape index (κ2) is 11.3. The van der Waals surface area contributed by atoms with E-state index in [1.807, 2.05) is 12.4 Å². The molecule has 8 rings (SSSR count). The highest BCUT2D eigenvalue weighted by molar-refractivity contribution is 5.86. The summed E-state index contributed by atoms with van der Waals surface area (Å²) in [5, 5.41) is 3.61. The van der Waals surface area contributed by atoms with Crippen LogP contribution in [-0.2, 0) is 5.41 Å². The summed E-state index contributed by atoms with van der Waals surface area (Å²) < 4.78 is 0. The highest BCUT2D eigenvalue weighted by Crippen LogP contribution is 2.55. The number of benzene rings is 4. The molecule has 236 valence electrons. The van der Waals surface area contributed by atoms with Gasteiger partial charge in [-0.2, -0.15) is 0 Å². The van der Waals surface area contributed by atoms with Crippen molar-refractivity contribution in [3.63, 3.8) is 0 Å². The van der Waals surface area contributed by atoms with Crippen LogP contribution in [0, 0.1) is 41.5 Å². The maximum Gasteiger partial charge on any atom is 0.146 e. The molecular formula is C44H40N4. The van der Waals surface area contributed by atoms with Crippen LogP contribution >= 0.6 is 0 Å². The van der Waals surface area contributed by atoms with E-state index in [0.29, 0.717) is 0 Å². The summed E-state index contributed by atoms with van der Waals surface area (Å²) >= 11 is 0. The van der Waals surface area contributed by atoms with Crippen LogP contribution in [0.3, 0.4) is 0 Å². The van der Waals surface area contributed by atoms with E-state index in [2.05, 4.69) is 161 Å². The Labute approximate surface area is 283 Å². The molecule has 1 atom stereocenters. The number of nitrogens with zero attached hydrogens (tertiary/aromatic N) is 3. The van der Waals surface area contributed by atoms with Crippen LogP contribution < -0.4 is 10.2 Å². The minimum atomic E-state index is -0.710. The number of aromatic nitrogens is 2. The predicted octanol–water partition coefficient (Wildman–Crippen LogP) is 9.94. The van der Waals surface area contributed by atoms with E-state index in [9.17, 15) is 0 Å². The van der Waals surface area contributed by atoms with Gasteiger partial charge < -0.3 is 10.2 Å². The highest BCUT2D eigenvalue weighted by Gasteiger charge is 2.48. The maximum atomic E-state index is 5.60. The molecule has 0 amide bonds. The van der Waals surface area contributed by atoms with E-state index in [1.54, 1.807) is 0 Å². The summed E-state index contributed by atoms with van der Waals surface area (Å²) in [7, 11) is 0. The second-order valence-corrected chi connectivity index (χ2v) is 13.5. The van der Waals surface area contributed by atoms with E-state index in [1.165, 1.54) is 72.4 Å². The summed E-state index contributed by atoms with van der Waals surface area (Å²) in [6, 6.07) is 37.6. The number of aryl methyl sites for hydroxylation is 6. The van der Waals surface area contributed by atoms with Crippen LogP contribution in [0.4, 0.5) is 5.69 Å². The molecule has 0 spiro atoms. The summed E-state index contributed by atoms with van der Waals surface area (Å²) in [5.41, 5.74) is 18.3. The zero-order chi connectivity index (χ0) is 33.2. The maximum absolute atomic E-state index is 5.60.